The van der Waals surface area contributed by atoms with Gasteiger partial charge in [-0.1, -0.05) is 56.1 Å². The average Bonchev–Trinajstić information content (AvgIpc) is 2.71. The molecule has 168 valence electrons. The van der Waals surface area contributed by atoms with Gasteiger partial charge in [-0.25, -0.2) is 0 Å². The highest BCUT2D eigenvalue weighted by Gasteiger charge is 2.17. The van der Waals surface area contributed by atoms with E-state index in [1.807, 2.05) is 18.2 Å². The Hall–Kier alpha value is -2.06. The minimum absolute atomic E-state index is 0.00818. The summed E-state index contributed by atoms with van der Waals surface area (Å²) >= 11 is 6.83. The van der Waals surface area contributed by atoms with Crippen LogP contribution in [0.1, 0.15) is 56.5 Å². The molecule has 0 aliphatic carbocycles. The zero-order valence-electron chi connectivity index (χ0n) is 18.2. The topological polar surface area (TPSA) is 76.7 Å². The first-order valence-electron chi connectivity index (χ1n) is 10.1. The fraction of sp³-hybridized carbons (Fsp3) is 0.391. The summed E-state index contributed by atoms with van der Waals surface area (Å²) in [7, 11) is 0. The van der Waals surface area contributed by atoms with Gasteiger partial charge in [0, 0.05) is 4.47 Å². The van der Waals surface area contributed by atoms with Gasteiger partial charge in [0.05, 0.1) is 16.6 Å². The molecular formula is C23H28Br2N2O4. The first kappa shape index (κ1) is 25.2. The minimum Gasteiger partial charge on any atom is -0.493 e. The van der Waals surface area contributed by atoms with Crippen LogP contribution in [0.15, 0.2) is 45.3 Å². The Bertz CT molecular complexity index is 926. The van der Waals surface area contributed by atoms with Crippen LogP contribution in [0.2, 0.25) is 0 Å². The van der Waals surface area contributed by atoms with Crippen molar-refractivity contribution in [2.24, 2.45) is 0 Å². The Morgan fingerprint density at radius 2 is 1.68 bits per heavy atom. The van der Waals surface area contributed by atoms with Crippen LogP contribution in [0.3, 0.4) is 0 Å². The standard InChI is InChI=1S/C23H28Br2N2O4/c1-5-6-11-30-19-10-8-16(24)13-17(19)22(29)27-26-21(28)14-31-20-9-7-15(12-18(20)25)23(2,3)4/h7-10,12-13H,5-6,11,14H2,1-4H3,(H,26,28)(H,27,29). The quantitative estimate of drug-likeness (QED) is 0.332. The monoisotopic (exact) mass is 554 g/mol. The maximum atomic E-state index is 12.5. The number of nitrogens with one attached hydrogen (secondary N) is 2. The molecule has 0 aliphatic rings. The SMILES string of the molecule is CCCCOc1ccc(Br)cc1C(=O)NNC(=O)COc1ccc(C(C)(C)C)cc1Br. The van der Waals surface area contributed by atoms with E-state index in [9.17, 15) is 9.59 Å². The van der Waals surface area contributed by atoms with Crippen molar-refractivity contribution in [3.05, 3.63) is 56.5 Å². The number of ether oxygens (including phenoxy) is 2. The molecule has 8 heteroatoms. The number of hydrogen-bond acceptors (Lipinski definition) is 4. The van der Waals surface area contributed by atoms with Gasteiger partial charge >= 0.3 is 0 Å². The molecule has 2 amide bonds. The zero-order chi connectivity index (χ0) is 23.0. The number of unbranched alkanes of at least 4 members (excludes halogenated alkanes) is 1. The summed E-state index contributed by atoms with van der Waals surface area (Å²) in [4.78, 5) is 24.7. The van der Waals surface area contributed by atoms with Gasteiger partial charge in [-0.2, -0.15) is 0 Å². The minimum atomic E-state index is -0.483. The van der Waals surface area contributed by atoms with Crippen molar-refractivity contribution in [3.63, 3.8) is 0 Å². The molecule has 2 rings (SSSR count). The molecule has 2 aromatic carbocycles. The van der Waals surface area contributed by atoms with Gasteiger partial charge in [0.15, 0.2) is 6.61 Å². The lowest BCUT2D eigenvalue weighted by molar-refractivity contribution is -0.123. The zero-order valence-corrected chi connectivity index (χ0v) is 21.4. The Balaban J connectivity index is 1.92. The molecule has 0 unspecified atom stereocenters. The lowest BCUT2D eigenvalue weighted by atomic mass is 9.87. The Morgan fingerprint density at radius 1 is 0.968 bits per heavy atom. The molecule has 0 aliphatic heterocycles. The van der Waals surface area contributed by atoms with Crippen molar-refractivity contribution in [3.8, 4) is 11.5 Å². The van der Waals surface area contributed by atoms with E-state index < -0.39 is 11.8 Å². The largest absolute Gasteiger partial charge is 0.493 e. The van der Waals surface area contributed by atoms with Crippen LogP contribution in [0.25, 0.3) is 0 Å². The predicted molar refractivity (Wildman–Crippen MR) is 128 cm³/mol. The molecule has 0 atom stereocenters. The van der Waals surface area contributed by atoms with Gasteiger partial charge in [0.25, 0.3) is 11.8 Å². The van der Waals surface area contributed by atoms with E-state index in [-0.39, 0.29) is 12.0 Å². The molecule has 2 aromatic rings. The highest BCUT2D eigenvalue weighted by molar-refractivity contribution is 9.10. The highest BCUT2D eigenvalue weighted by Crippen LogP contribution is 2.31. The fourth-order valence-corrected chi connectivity index (χ4v) is 3.44. The van der Waals surface area contributed by atoms with Gasteiger partial charge in [-0.3, -0.25) is 20.4 Å². The highest BCUT2D eigenvalue weighted by atomic mass is 79.9. The third kappa shape index (κ3) is 7.85. The average molecular weight is 556 g/mol. The fourth-order valence-electron chi connectivity index (χ4n) is 2.59. The molecule has 0 saturated heterocycles. The molecule has 0 saturated carbocycles. The van der Waals surface area contributed by atoms with E-state index in [1.165, 1.54) is 0 Å². The number of carbonyl (C=O) groups is 2. The third-order valence-electron chi connectivity index (χ3n) is 4.41. The lowest BCUT2D eigenvalue weighted by Gasteiger charge is -2.20. The van der Waals surface area contributed by atoms with E-state index in [4.69, 9.17) is 9.47 Å². The van der Waals surface area contributed by atoms with Crippen LogP contribution < -0.4 is 20.3 Å². The van der Waals surface area contributed by atoms with Crippen molar-refractivity contribution in [2.45, 2.75) is 46.0 Å². The summed E-state index contributed by atoms with van der Waals surface area (Å²) in [6, 6.07) is 10.9. The summed E-state index contributed by atoms with van der Waals surface area (Å²) in [5.41, 5.74) is 6.26. The Kier molecular flexibility index (Phi) is 9.37. The molecule has 2 N–H and O–H groups in total. The molecule has 0 heterocycles. The van der Waals surface area contributed by atoms with Gasteiger partial charge in [0.2, 0.25) is 0 Å². The molecule has 31 heavy (non-hydrogen) atoms. The van der Waals surface area contributed by atoms with Crippen LogP contribution in [0.4, 0.5) is 0 Å². The summed E-state index contributed by atoms with van der Waals surface area (Å²) in [5.74, 6) is 0.0519. The number of halogens is 2. The number of hydrogen-bond donors (Lipinski definition) is 2. The molecule has 0 spiro atoms. The molecule has 0 aromatic heterocycles. The third-order valence-corrected chi connectivity index (χ3v) is 5.53. The number of hydrazine groups is 1. The second-order valence-electron chi connectivity index (χ2n) is 8.03. The summed E-state index contributed by atoms with van der Waals surface area (Å²) in [5, 5.41) is 0. The van der Waals surface area contributed by atoms with Crippen LogP contribution in [-0.2, 0) is 10.2 Å². The molecule has 0 radical (unpaired) electrons. The number of carbonyl (C=O) groups excluding carboxylic acids is 2. The summed E-state index contributed by atoms with van der Waals surface area (Å²) in [6.45, 7) is 8.70. The molecule has 0 bridgehead atoms. The van der Waals surface area contributed by atoms with Gasteiger partial charge in [0.1, 0.15) is 11.5 Å². The second-order valence-corrected chi connectivity index (χ2v) is 9.80. The van der Waals surface area contributed by atoms with Crippen LogP contribution in [-0.4, -0.2) is 25.0 Å². The second kappa shape index (κ2) is 11.5. The van der Waals surface area contributed by atoms with Crippen molar-refractivity contribution < 1.29 is 19.1 Å². The van der Waals surface area contributed by atoms with E-state index in [0.29, 0.717) is 23.7 Å². The predicted octanol–water partition coefficient (Wildman–Crippen LogP) is 5.53. The number of benzene rings is 2. The van der Waals surface area contributed by atoms with Gasteiger partial charge in [-0.15, -0.1) is 0 Å². The first-order valence-corrected chi connectivity index (χ1v) is 11.6. The van der Waals surface area contributed by atoms with E-state index in [0.717, 1.165) is 27.4 Å². The molecular weight excluding hydrogens is 528 g/mol. The van der Waals surface area contributed by atoms with E-state index >= 15 is 0 Å². The van der Waals surface area contributed by atoms with Crippen LogP contribution in [0, 0.1) is 0 Å². The number of rotatable bonds is 8. The summed E-state index contributed by atoms with van der Waals surface area (Å²) in [6.07, 6.45) is 1.88. The van der Waals surface area contributed by atoms with Crippen molar-refractivity contribution >= 4 is 43.7 Å². The Labute approximate surface area is 200 Å². The lowest BCUT2D eigenvalue weighted by Crippen LogP contribution is -2.44. The smallest absolute Gasteiger partial charge is 0.276 e. The van der Waals surface area contributed by atoms with E-state index in [2.05, 4.69) is 70.4 Å². The van der Waals surface area contributed by atoms with E-state index in [1.54, 1.807) is 18.2 Å². The Morgan fingerprint density at radius 3 is 2.32 bits per heavy atom. The van der Waals surface area contributed by atoms with Crippen molar-refractivity contribution in [2.75, 3.05) is 13.2 Å². The molecule has 6 nitrogen and oxygen atoms in total. The van der Waals surface area contributed by atoms with Gasteiger partial charge in [-0.05, 0) is 63.7 Å². The maximum Gasteiger partial charge on any atom is 0.276 e. The normalized spacial score (nSPS) is 11.0. The number of amides is 2. The van der Waals surface area contributed by atoms with Crippen LogP contribution in [0.5, 0.6) is 11.5 Å². The van der Waals surface area contributed by atoms with Crippen molar-refractivity contribution in [1.29, 1.82) is 0 Å². The van der Waals surface area contributed by atoms with Crippen molar-refractivity contribution in [1.82, 2.24) is 10.9 Å². The first-order chi connectivity index (χ1) is 14.6. The summed E-state index contributed by atoms with van der Waals surface area (Å²) < 4.78 is 12.8. The van der Waals surface area contributed by atoms with Crippen LogP contribution >= 0.6 is 31.9 Å². The molecule has 0 fully saturated rings. The maximum absolute atomic E-state index is 12.5. The van der Waals surface area contributed by atoms with Gasteiger partial charge < -0.3 is 9.47 Å².